The summed E-state index contributed by atoms with van der Waals surface area (Å²) < 4.78 is 36.2. The second kappa shape index (κ2) is 13.4. The van der Waals surface area contributed by atoms with Crippen LogP contribution in [0.1, 0.15) is 46.1 Å². The predicted octanol–water partition coefficient (Wildman–Crippen LogP) is 7.31. The highest BCUT2D eigenvalue weighted by Crippen LogP contribution is 2.71. The summed E-state index contributed by atoms with van der Waals surface area (Å²) >= 11 is 1.65. The topological polar surface area (TPSA) is 75.6 Å². The predicted molar refractivity (Wildman–Crippen MR) is 177 cm³/mol. The molecule has 1 aliphatic heterocycles. The van der Waals surface area contributed by atoms with Crippen molar-refractivity contribution in [1.82, 2.24) is 0 Å². The van der Waals surface area contributed by atoms with Crippen LogP contribution >= 0.6 is 11.8 Å². The molecule has 2 unspecified atom stereocenters. The first kappa shape index (κ1) is 33.9. The van der Waals surface area contributed by atoms with Crippen molar-refractivity contribution in [2.75, 3.05) is 27.6 Å². The lowest BCUT2D eigenvalue weighted by atomic mass is 9.62. The van der Waals surface area contributed by atoms with Crippen LogP contribution in [0.5, 0.6) is 5.75 Å². The SMILES string of the molecule is C=C[C@@H](OCc1ccc(OC)cc1)[C@]1(/C=C\[C@@]2(O)[C@H](OCOC)C3CCC2(/C=C\Sc2ccccc2)C3(C)C)COC(C)(C)O1. The van der Waals surface area contributed by atoms with E-state index >= 15 is 0 Å². The van der Waals surface area contributed by atoms with Crippen molar-refractivity contribution < 1.29 is 33.5 Å². The lowest BCUT2D eigenvalue weighted by Gasteiger charge is -2.46. The van der Waals surface area contributed by atoms with Crippen molar-refractivity contribution in [2.24, 2.45) is 16.7 Å². The van der Waals surface area contributed by atoms with Crippen molar-refractivity contribution in [3.8, 4) is 5.75 Å². The number of methoxy groups -OCH3 is 2. The van der Waals surface area contributed by atoms with Gasteiger partial charge in [-0.2, -0.15) is 0 Å². The van der Waals surface area contributed by atoms with Crippen LogP contribution in [0.3, 0.4) is 0 Å². The van der Waals surface area contributed by atoms with Crippen LogP contribution in [-0.4, -0.2) is 61.9 Å². The van der Waals surface area contributed by atoms with E-state index in [-0.39, 0.29) is 24.7 Å². The fourth-order valence-corrected chi connectivity index (χ4v) is 8.47. The Bertz CT molecular complexity index is 1360. The molecule has 1 N–H and O–H groups in total. The Labute approximate surface area is 272 Å². The van der Waals surface area contributed by atoms with Gasteiger partial charge in [0.2, 0.25) is 0 Å². The summed E-state index contributed by atoms with van der Waals surface area (Å²) in [4.78, 5) is 1.14. The third-order valence-electron chi connectivity index (χ3n) is 10.1. The number of benzene rings is 2. The first-order chi connectivity index (χ1) is 21.5. The summed E-state index contributed by atoms with van der Waals surface area (Å²) in [7, 11) is 3.25. The van der Waals surface area contributed by atoms with Crippen LogP contribution in [0.4, 0.5) is 0 Å². The van der Waals surface area contributed by atoms with Crippen LogP contribution < -0.4 is 4.74 Å². The maximum atomic E-state index is 13.0. The van der Waals surface area contributed by atoms with Gasteiger partial charge in [0.15, 0.2) is 5.79 Å². The zero-order valence-electron chi connectivity index (χ0n) is 27.4. The Morgan fingerprint density at radius 1 is 1.02 bits per heavy atom. The van der Waals surface area contributed by atoms with Crippen molar-refractivity contribution >= 4 is 11.8 Å². The number of aliphatic hydroxyl groups is 1. The molecule has 0 spiro atoms. The Morgan fingerprint density at radius 3 is 2.38 bits per heavy atom. The smallest absolute Gasteiger partial charge is 0.164 e. The molecule has 2 aliphatic carbocycles. The molecule has 3 fully saturated rings. The van der Waals surface area contributed by atoms with E-state index in [0.29, 0.717) is 6.61 Å². The van der Waals surface area contributed by atoms with E-state index in [2.05, 4.69) is 44.0 Å². The van der Waals surface area contributed by atoms with Crippen LogP contribution in [-0.2, 0) is 30.3 Å². The number of hydrogen-bond donors (Lipinski definition) is 1. The summed E-state index contributed by atoms with van der Waals surface area (Å²) in [5.41, 5.74) is -2.28. The highest BCUT2D eigenvalue weighted by Gasteiger charge is 2.74. The zero-order valence-corrected chi connectivity index (χ0v) is 28.2. The van der Waals surface area contributed by atoms with E-state index in [4.69, 9.17) is 28.4 Å². The molecule has 244 valence electrons. The van der Waals surface area contributed by atoms with Crippen molar-refractivity contribution in [2.45, 2.75) is 81.2 Å². The van der Waals surface area contributed by atoms with E-state index < -0.39 is 34.6 Å². The molecule has 0 aromatic heterocycles. The monoisotopic (exact) mass is 636 g/mol. The van der Waals surface area contributed by atoms with E-state index in [1.807, 2.05) is 68.5 Å². The quantitative estimate of drug-likeness (QED) is 0.132. The van der Waals surface area contributed by atoms with Gasteiger partial charge in [0.25, 0.3) is 0 Å². The van der Waals surface area contributed by atoms with E-state index in [0.717, 1.165) is 29.1 Å². The Hall–Kier alpha value is -2.43. The van der Waals surface area contributed by atoms with Gasteiger partial charge in [0.1, 0.15) is 29.8 Å². The molecule has 2 bridgehead atoms. The minimum Gasteiger partial charge on any atom is -0.497 e. The van der Waals surface area contributed by atoms with Gasteiger partial charge in [-0.1, -0.05) is 74.2 Å². The van der Waals surface area contributed by atoms with E-state index in [1.165, 1.54) is 0 Å². The second-order valence-electron chi connectivity index (χ2n) is 13.3. The summed E-state index contributed by atoms with van der Waals surface area (Å²) in [5.74, 6) is 0.0371. The summed E-state index contributed by atoms with van der Waals surface area (Å²) in [6, 6.07) is 18.0. The third-order valence-corrected chi connectivity index (χ3v) is 10.9. The third kappa shape index (κ3) is 6.31. The van der Waals surface area contributed by atoms with Gasteiger partial charge in [0.05, 0.1) is 26.4 Å². The molecule has 0 radical (unpaired) electrons. The zero-order chi connectivity index (χ0) is 32.3. The molecule has 8 heteroatoms. The minimum absolute atomic E-state index is 0.0873. The molecule has 6 atom stereocenters. The second-order valence-corrected chi connectivity index (χ2v) is 14.3. The number of fused-ring (bicyclic) bond motifs is 2. The molecule has 2 aromatic carbocycles. The van der Waals surface area contributed by atoms with Crippen LogP contribution in [0.15, 0.2) is 95.8 Å². The lowest BCUT2D eigenvalue weighted by Crippen LogP contribution is -2.54. The highest BCUT2D eigenvalue weighted by molar-refractivity contribution is 8.02. The first-order valence-corrected chi connectivity index (χ1v) is 16.5. The largest absolute Gasteiger partial charge is 0.497 e. The van der Waals surface area contributed by atoms with E-state index in [9.17, 15) is 5.11 Å². The van der Waals surface area contributed by atoms with E-state index in [1.54, 1.807) is 32.1 Å². The number of thioether (sulfide) groups is 1. The molecule has 1 saturated heterocycles. The Morgan fingerprint density at radius 2 is 1.76 bits per heavy atom. The van der Waals surface area contributed by atoms with Gasteiger partial charge < -0.3 is 33.5 Å². The average molecular weight is 637 g/mol. The summed E-state index contributed by atoms with van der Waals surface area (Å²) in [5, 5.41) is 15.1. The number of rotatable bonds is 14. The highest BCUT2D eigenvalue weighted by atomic mass is 32.2. The first-order valence-electron chi connectivity index (χ1n) is 15.6. The summed E-state index contributed by atoms with van der Waals surface area (Å²) in [6.45, 7) is 13.0. The van der Waals surface area contributed by atoms with Crippen molar-refractivity contribution in [3.63, 3.8) is 0 Å². The van der Waals surface area contributed by atoms with Gasteiger partial charge in [-0.05, 0) is 79.3 Å². The molecule has 5 rings (SSSR count). The molecule has 7 nitrogen and oxygen atoms in total. The number of hydrogen-bond acceptors (Lipinski definition) is 8. The Balaban J connectivity index is 1.50. The number of ether oxygens (including phenoxy) is 6. The van der Waals surface area contributed by atoms with Crippen LogP contribution in [0.2, 0.25) is 0 Å². The maximum absolute atomic E-state index is 13.0. The molecule has 2 saturated carbocycles. The molecule has 1 heterocycles. The molecular weight excluding hydrogens is 588 g/mol. The van der Waals surface area contributed by atoms with Gasteiger partial charge in [-0.15, -0.1) is 6.58 Å². The standard InChI is InChI=1S/C37H48O7S/c1-8-31(41-24-27-14-16-28(40-7)17-15-27)35(25-43-34(4,5)44-35)20-21-37(38)32(42-26-39-6)30-18-19-36(37,33(30,2)3)22-23-45-29-12-10-9-11-13-29/h8-17,20-23,30-32,38H,1,18-19,24-26H2,2-7H3/b21-20-,23-22-/t30?,31-,32-,35+,36?,37-/m1/s1. The maximum Gasteiger partial charge on any atom is 0.164 e. The lowest BCUT2D eigenvalue weighted by molar-refractivity contribution is -0.176. The fourth-order valence-electron chi connectivity index (χ4n) is 7.70. The van der Waals surface area contributed by atoms with Gasteiger partial charge in [-0.3, -0.25) is 0 Å². The summed E-state index contributed by atoms with van der Waals surface area (Å²) in [6.07, 6.45) is 8.49. The van der Waals surface area contributed by atoms with Gasteiger partial charge >= 0.3 is 0 Å². The molecule has 2 aromatic rings. The van der Waals surface area contributed by atoms with Gasteiger partial charge in [-0.25, -0.2) is 0 Å². The molecule has 0 amide bonds. The average Bonchev–Trinajstić information content (AvgIpc) is 3.54. The Kier molecular flexibility index (Phi) is 10.1. The molecule has 45 heavy (non-hydrogen) atoms. The molecular formula is C37H48O7S. The van der Waals surface area contributed by atoms with Crippen LogP contribution in [0, 0.1) is 16.7 Å². The van der Waals surface area contributed by atoms with Crippen molar-refractivity contribution in [1.29, 1.82) is 0 Å². The van der Waals surface area contributed by atoms with Crippen molar-refractivity contribution in [3.05, 3.63) is 96.5 Å². The molecule has 3 aliphatic rings. The normalized spacial score (nSPS) is 32.4. The fraction of sp³-hybridized carbons (Fsp3) is 0.514. The van der Waals surface area contributed by atoms with Gasteiger partial charge in [0, 0.05) is 17.4 Å². The minimum atomic E-state index is -1.36. The van der Waals surface area contributed by atoms with Crippen LogP contribution in [0.25, 0.3) is 0 Å².